The third-order valence-corrected chi connectivity index (χ3v) is 3.82. The molecule has 0 spiro atoms. The van der Waals surface area contributed by atoms with Crippen LogP contribution in [0.15, 0.2) is 18.2 Å². The second-order valence-electron chi connectivity index (χ2n) is 4.74. The van der Waals surface area contributed by atoms with Crippen molar-refractivity contribution in [2.45, 2.75) is 33.6 Å². The fourth-order valence-corrected chi connectivity index (χ4v) is 2.00. The number of alkyl halides is 1. The maximum atomic E-state index is 11.1. The zero-order valence-electron chi connectivity index (χ0n) is 13.5. The van der Waals surface area contributed by atoms with E-state index in [0.29, 0.717) is 12.0 Å². The number of rotatable bonds is 8. The molecule has 1 rings (SSSR count). The molecule has 0 aliphatic heterocycles. The lowest BCUT2D eigenvalue weighted by Gasteiger charge is -2.18. The number of hydrogen-bond acceptors (Lipinski definition) is 3. The summed E-state index contributed by atoms with van der Waals surface area (Å²) in [7, 11) is 0. The van der Waals surface area contributed by atoms with Crippen LogP contribution < -0.4 is 4.84 Å². The number of anilines is 1. The fourth-order valence-electron chi connectivity index (χ4n) is 1.89. The number of hydrogen-bond donors (Lipinski definition) is 2. The number of nitrogens with zero attached hydrogens (tertiary/aromatic N) is 1. The molecule has 0 bridgehead atoms. The molecule has 22 heavy (non-hydrogen) atoms. The van der Waals surface area contributed by atoms with Gasteiger partial charge in [-0.05, 0) is 49.7 Å². The van der Waals surface area contributed by atoms with Crippen LogP contribution in [0.3, 0.4) is 0 Å². The third kappa shape index (κ3) is 7.87. The highest BCUT2D eigenvalue weighted by Gasteiger charge is 2.11. The third-order valence-electron chi connectivity index (χ3n) is 3.23. The molecule has 4 nitrogen and oxygen atoms in total. The van der Waals surface area contributed by atoms with Crippen molar-refractivity contribution in [2.24, 2.45) is 0 Å². The molecule has 1 aromatic rings. The summed E-state index contributed by atoms with van der Waals surface area (Å²) in [6.07, 6.45) is 1.79. The van der Waals surface area contributed by atoms with Crippen LogP contribution in [0.25, 0.3) is 0 Å². The number of carbonyl (C=O) groups is 1. The molecule has 2 N–H and O–H groups in total. The number of carboxylic acid groups (broad SMARTS) is 1. The number of halogens is 2. The second-order valence-corrected chi connectivity index (χ2v) is 5.30. The quantitative estimate of drug-likeness (QED) is 0.537. The largest absolute Gasteiger partial charge is 0.478 e. The average molecular weight is 349 g/mol. The van der Waals surface area contributed by atoms with E-state index in [1.807, 2.05) is 6.92 Å². The Kier molecular flexibility index (Phi) is 12.0. The summed E-state index contributed by atoms with van der Waals surface area (Å²) in [4.78, 5) is 15.9. The summed E-state index contributed by atoms with van der Waals surface area (Å²) < 4.78 is 0. The number of likely N-dealkylation sites (N-methyl/N-ethyl adjacent to an activating group) is 1. The number of benzene rings is 1. The lowest BCUT2D eigenvalue weighted by atomic mass is 10.0. The first-order chi connectivity index (χ1) is 10.5. The fraction of sp³-hybridized carbons (Fsp3) is 0.562. The van der Waals surface area contributed by atoms with Crippen LogP contribution in [-0.2, 0) is 6.42 Å². The molecule has 0 saturated carbocycles. The zero-order valence-corrected chi connectivity index (χ0v) is 15.0. The maximum Gasteiger partial charge on any atom is 0.335 e. The summed E-state index contributed by atoms with van der Waals surface area (Å²) in [5, 5.41) is 9.14. The highest BCUT2D eigenvalue weighted by atomic mass is 35.5. The van der Waals surface area contributed by atoms with Crippen LogP contribution in [0.2, 0.25) is 0 Å². The lowest BCUT2D eigenvalue weighted by Crippen LogP contribution is -2.25. The first kappa shape index (κ1) is 21.0. The molecular formula is C16H26Cl2N2O2. The van der Waals surface area contributed by atoms with Crippen molar-refractivity contribution in [3.8, 4) is 0 Å². The van der Waals surface area contributed by atoms with Gasteiger partial charge in [0.1, 0.15) is 0 Å². The average Bonchev–Trinajstić information content (AvgIpc) is 2.55. The lowest BCUT2D eigenvalue weighted by molar-refractivity contribution is 0.0695. The molecule has 6 heteroatoms. The van der Waals surface area contributed by atoms with Gasteiger partial charge in [-0.3, -0.25) is 4.84 Å². The standard InChI is InChI=1S/C13H19ClN2O2.C3H7Cl/c1-3-16(4-2)8-7-10-9-11(15-14)5-6-12(10)13(17)18;1-2-3-4/h5-6,9,15H,3-4,7-8H2,1-2H3,(H,17,18);2-3H2,1H3. The van der Waals surface area contributed by atoms with E-state index in [1.165, 1.54) is 0 Å². The van der Waals surface area contributed by atoms with Crippen molar-refractivity contribution in [1.29, 1.82) is 0 Å². The van der Waals surface area contributed by atoms with Gasteiger partial charge in [-0.25, -0.2) is 4.79 Å². The molecule has 0 heterocycles. The molecular weight excluding hydrogens is 323 g/mol. The highest BCUT2D eigenvalue weighted by molar-refractivity contribution is 6.24. The first-order valence-electron chi connectivity index (χ1n) is 7.55. The number of nitrogens with one attached hydrogen (secondary N) is 1. The smallest absolute Gasteiger partial charge is 0.335 e. The summed E-state index contributed by atoms with van der Waals surface area (Å²) in [5.41, 5.74) is 1.87. The van der Waals surface area contributed by atoms with Crippen molar-refractivity contribution in [3.63, 3.8) is 0 Å². The van der Waals surface area contributed by atoms with Gasteiger partial charge in [-0.15, -0.1) is 11.6 Å². The van der Waals surface area contributed by atoms with Crippen LogP contribution in [0.4, 0.5) is 5.69 Å². The van der Waals surface area contributed by atoms with Crippen molar-refractivity contribution in [2.75, 3.05) is 30.4 Å². The van der Waals surface area contributed by atoms with Crippen molar-refractivity contribution in [3.05, 3.63) is 29.3 Å². The Bertz CT molecular complexity index is 436. The second kappa shape index (κ2) is 12.6. The van der Waals surface area contributed by atoms with E-state index in [0.717, 1.165) is 43.2 Å². The summed E-state index contributed by atoms with van der Waals surface area (Å²) in [6, 6.07) is 5.04. The van der Waals surface area contributed by atoms with E-state index >= 15 is 0 Å². The molecule has 0 amide bonds. The van der Waals surface area contributed by atoms with Crippen molar-refractivity contribution in [1.82, 2.24) is 4.90 Å². The predicted octanol–water partition coefficient (Wildman–Crippen LogP) is 4.47. The van der Waals surface area contributed by atoms with E-state index in [1.54, 1.807) is 18.2 Å². The van der Waals surface area contributed by atoms with Crippen LogP contribution >= 0.6 is 23.4 Å². The van der Waals surface area contributed by atoms with Crippen LogP contribution in [0.1, 0.15) is 43.1 Å². The number of aromatic carboxylic acids is 1. The normalized spacial score (nSPS) is 10.1. The molecule has 0 unspecified atom stereocenters. The van der Waals surface area contributed by atoms with Gasteiger partial charge in [0, 0.05) is 29.9 Å². The molecule has 0 aromatic heterocycles. The van der Waals surface area contributed by atoms with E-state index in [-0.39, 0.29) is 0 Å². The molecule has 0 radical (unpaired) electrons. The van der Waals surface area contributed by atoms with Gasteiger partial charge in [0.15, 0.2) is 0 Å². The van der Waals surface area contributed by atoms with Crippen LogP contribution in [-0.4, -0.2) is 41.5 Å². The topological polar surface area (TPSA) is 52.6 Å². The van der Waals surface area contributed by atoms with Gasteiger partial charge < -0.3 is 10.0 Å². The maximum absolute atomic E-state index is 11.1. The Labute approximate surface area is 143 Å². The Hall–Kier alpha value is -0.970. The molecule has 0 fully saturated rings. The SMILES string of the molecule is CCCCl.CCN(CC)CCc1cc(NCl)ccc1C(=O)O. The zero-order chi connectivity index (χ0) is 17.0. The van der Waals surface area contributed by atoms with E-state index in [9.17, 15) is 4.79 Å². The minimum atomic E-state index is -0.898. The van der Waals surface area contributed by atoms with Gasteiger partial charge in [0.25, 0.3) is 0 Å². The highest BCUT2D eigenvalue weighted by Crippen LogP contribution is 2.18. The Morgan fingerprint density at radius 2 is 1.86 bits per heavy atom. The van der Waals surface area contributed by atoms with Crippen molar-refractivity contribution < 1.29 is 9.90 Å². The van der Waals surface area contributed by atoms with Gasteiger partial charge in [0.05, 0.1) is 5.56 Å². The predicted molar refractivity (Wildman–Crippen MR) is 95.4 cm³/mol. The molecule has 1 aromatic carbocycles. The first-order valence-corrected chi connectivity index (χ1v) is 8.46. The van der Waals surface area contributed by atoms with Gasteiger partial charge in [-0.2, -0.15) is 0 Å². The van der Waals surface area contributed by atoms with E-state index in [2.05, 4.69) is 23.6 Å². The Morgan fingerprint density at radius 3 is 2.27 bits per heavy atom. The van der Waals surface area contributed by atoms with Crippen LogP contribution in [0, 0.1) is 0 Å². The molecule has 0 aliphatic rings. The van der Waals surface area contributed by atoms with E-state index < -0.39 is 5.97 Å². The monoisotopic (exact) mass is 348 g/mol. The number of carboxylic acids is 1. The van der Waals surface area contributed by atoms with Gasteiger partial charge in [0.2, 0.25) is 0 Å². The molecule has 0 saturated heterocycles. The minimum Gasteiger partial charge on any atom is -0.478 e. The van der Waals surface area contributed by atoms with Crippen molar-refractivity contribution >= 4 is 35.0 Å². The Balaban J connectivity index is 0.000000980. The summed E-state index contributed by atoms with van der Waals surface area (Å²) >= 11 is 10.7. The van der Waals surface area contributed by atoms with Crippen LogP contribution in [0.5, 0.6) is 0 Å². The molecule has 0 aliphatic carbocycles. The van der Waals surface area contributed by atoms with Gasteiger partial charge in [-0.1, -0.05) is 20.8 Å². The molecule has 0 atom stereocenters. The van der Waals surface area contributed by atoms with E-state index in [4.69, 9.17) is 28.5 Å². The molecule has 126 valence electrons. The minimum absolute atomic E-state index is 0.345. The Morgan fingerprint density at radius 1 is 1.27 bits per heavy atom. The summed E-state index contributed by atoms with van der Waals surface area (Å²) in [6.45, 7) is 9.02. The summed E-state index contributed by atoms with van der Waals surface area (Å²) in [5.74, 6) is -0.106. The van der Waals surface area contributed by atoms with Gasteiger partial charge >= 0.3 is 5.97 Å².